The highest BCUT2D eigenvalue weighted by molar-refractivity contribution is 7.68. The second kappa shape index (κ2) is 3.23. The molecule has 0 aliphatic heterocycles. The standard InChI is InChI=1S/C7H6O2P/c8-6-10(9)7-4-2-1-3-5-7/h1-6H. The fraction of sp³-hybridized carbons (Fsp3) is 0. The molecule has 0 N–H and O–H groups in total. The van der Waals surface area contributed by atoms with Crippen LogP contribution in [0.5, 0.6) is 0 Å². The van der Waals surface area contributed by atoms with E-state index in [0.717, 1.165) is 0 Å². The van der Waals surface area contributed by atoms with Crippen molar-refractivity contribution in [3.05, 3.63) is 30.3 Å². The van der Waals surface area contributed by atoms with Crippen LogP contribution >= 0.6 is 7.80 Å². The molecule has 0 heterocycles. The molecule has 2 nitrogen and oxygen atoms in total. The lowest BCUT2D eigenvalue weighted by atomic mass is 10.4. The van der Waals surface area contributed by atoms with Crippen molar-refractivity contribution in [3.63, 3.8) is 0 Å². The first-order valence-electron chi connectivity index (χ1n) is 2.81. The van der Waals surface area contributed by atoms with Gasteiger partial charge in [-0.2, -0.15) is 0 Å². The van der Waals surface area contributed by atoms with Crippen LogP contribution in [0, 0.1) is 0 Å². The molecule has 0 aliphatic carbocycles. The topological polar surface area (TPSA) is 34.1 Å². The molecule has 1 rings (SSSR count). The molecule has 1 radical (unpaired) electrons. The first kappa shape index (κ1) is 7.10. The van der Waals surface area contributed by atoms with Crippen molar-refractivity contribution in [1.82, 2.24) is 0 Å². The van der Waals surface area contributed by atoms with E-state index in [2.05, 4.69) is 0 Å². The molecular formula is C7H6O2P. The Morgan fingerprint density at radius 1 is 1.20 bits per heavy atom. The summed E-state index contributed by atoms with van der Waals surface area (Å²) in [7, 11) is -1.80. The molecule has 0 aliphatic rings. The van der Waals surface area contributed by atoms with Gasteiger partial charge < -0.3 is 0 Å². The monoisotopic (exact) mass is 153 g/mol. The van der Waals surface area contributed by atoms with E-state index < -0.39 is 7.80 Å². The Morgan fingerprint density at radius 2 is 1.80 bits per heavy atom. The minimum absolute atomic E-state index is 0.463. The lowest BCUT2D eigenvalue weighted by Gasteiger charge is -1.89. The molecule has 3 heteroatoms. The molecule has 0 spiro atoms. The third-order valence-electron chi connectivity index (χ3n) is 1.11. The summed E-state index contributed by atoms with van der Waals surface area (Å²) in [6, 6.07) is 9.14. The lowest BCUT2D eigenvalue weighted by Crippen LogP contribution is -1.93. The molecule has 0 saturated heterocycles. The third-order valence-corrected chi connectivity index (χ3v) is 2.10. The highest BCUT2D eigenvalue weighted by Crippen LogP contribution is 2.12. The van der Waals surface area contributed by atoms with Crippen LogP contribution in [0.15, 0.2) is 30.3 Å². The molecular weight excluding hydrogens is 147 g/mol. The van der Waals surface area contributed by atoms with Crippen molar-refractivity contribution in [1.29, 1.82) is 0 Å². The van der Waals surface area contributed by atoms with Gasteiger partial charge in [0.1, 0.15) is 0 Å². The summed E-state index contributed by atoms with van der Waals surface area (Å²) in [6.07, 6.45) is 0. The van der Waals surface area contributed by atoms with Crippen molar-refractivity contribution in [2.24, 2.45) is 0 Å². The molecule has 1 atom stereocenters. The minimum atomic E-state index is -1.80. The molecule has 1 unspecified atom stereocenters. The number of benzene rings is 1. The second-order valence-corrected chi connectivity index (χ2v) is 3.15. The van der Waals surface area contributed by atoms with Gasteiger partial charge in [-0.25, -0.2) is 0 Å². The zero-order chi connectivity index (χ0) is 7.40. The van der Waals surface area contributed by atoms with Crippen LogP contribution in [-0.4, -0.2) is 6.03 Å². The van der Waals surface area contributed by atoms with Gasteiger partial charge in [0, 0.05) is 5.30 Å². The third kappa shape index (κ3) is 1.49. The fourth-order valence-electron chi connectivity index (χ4n) is 0.636. The first-order chi connectivity index (χ1) is 4.84. The maximum atomic E-state index is 10.8. The summed E-state index contributed by atoms with van der Waals surface area (Å²) >= 11 is 0. The normalized spacial score (nSPS) is 10.6. The highest BCUT2D eigenvalue weighted by Gasteiger charge is 1.98. The van der Waals surface area contributed by atoms with Crippen LogP contribution in [0.3, 0.4) is 0 Å². The lowest BCUT2D eigenvalue weighted by molar-refractivity contribution is 0.560. The number of rotatable bonds is 2. The molecule has 0 aromatic heterocycles. The summed E-state index contributed by atoms with van der Waals surface area (Å²) < 4.78 is 10.8. The average Bonchev–Trinajstić information content (AvgIpc) is 2.05. The van der Waals surface area contributed by atoms with E-state index in [1.165, 1.54) is 0 Å². The summed E-state index contributed by atoms with van der Waals surface area (Å²) in [5.74, 6) is 0. The fourth-order valence-corrected chi connectivity index (χ4v) is 1.22. The van der Waals surface area contributed by atoms with Crippen molar-refractivity contribution < 1.29 is 9.36 Å². The quantitative estimate of drug-likeness (QED) is 0.474. The van der Waals surface area contributed by atoms with E-state index in [-0.39, 0.29) is 0 Å². The average molecular weight is 153 g/mol. The van der Waals surface area contributed by atoms with Crippen LogP contribution in [0.1, 0.15) is 0 Å². The van der Waals surface area contributed by atoms with Gasteiger partial charge in [-0.3, -0.25) is 9.36 Å². The Morgan fingerprint density at radius 3 is 2.30 bits per heavy atom. The summed E-state index contributed by atoms with van der Waals surface area (Å²) in [5.41, 5.74) is 0. The SMILES string of the molecule is O=C[P](=O)c1ccccc1. The molecule has 1 aromatic rings. The minimum Gasteiger partial charge on any atom is -0.290 e. The molecule has 0 saturated carbocycles. The van der Waals surface area contributed by atoms with Crippen molar-refractivity contribution in [3.8, 4) is 0 Å². The zero-order valence-electron chi connectivity index (χ0n) is 5.23. The zero-order valence-corrected chi connectivity index (χ0v) is 6.12. The van der Waals surface area contributed by atoms with Gasteiger partial charge in [0.25, 0.3) is 0 Å². The van der Waals surface area contributed by atoms with Crippen molar-refractivity contribution >= 4 is 19.1 Å². The van der Waals surface area contributed by atoms with E-state index in [4.69, 9.17) is 0 Å². The van der Waals surface area contributed by atoms with Gasteiger partial charge in [-0.1, -0.05) is 18.2 Å². The van der Waals surface area contributed by atoms with Gasteiger partial charge in [0.2, 0.25) is 6.03 Å². The number of carbonyl (C=O) groups is 1. The smallest absolute Gasteiger partial charge is 0.203 e. The molecule has 10 heavy (non-hydrogen) atoms. The van der Waals surface area contributed by atoms with Gasteiger partial charge in [0.05, 0.1) is 0 Å². The van der Waals surface area contributed by atoms with Crippen LogP contribution in [0.25, 0.3) is 0 Å². The van der Waals surface area contributed by atoms with E-state index >= 15 is 0 Å². The number of carbonyl (C=O) groups excluding carboxylic acids is 1. The Balaban J connectivity index is 2.95. The second-order valence-electron chi connectivity index (χ2n) is 1.77. The molecule has 0 bridgehead atoms. The van der Waals surface area contributed by atoms with Gasteiger partial charge >= 0.3 is 0 Å². The van der Waals surface area contributed by atoms with Crippen molar-refractivity contribution in [2.45, 2.75) is 0 Å². The molecule has 0 fully saturated rings. The first-order valence-corrected chi connectivity index (χ1v) is 4.14. The Kier molecular flexibility index (Phi) is 2.30. The van der Waals surface area contributed by atoms with Crippen LogP contribution < -0.4 is 5.30 Å². The highest BCUT2D eigenvalue weighted by atomic mass is 31.1. The van der Waals surface area contributed by atoms with E-state index in [0.29, 0.717) is 11.3 Å². The van der Waals surface area contributed by atoms with Gasteiger partial charge in [-0.05, 0) is 12.1 Å². The molecule has 0 amide bonds. The van der Waals surface area contributed by atoms with E-state index in [9.17, 15) is 9.36 Å². The maximum absolute atomic E-state index is 10.8. The van der Waals surface area contributed by atoms with Gasteiger partial charge in [0.15, 0.2) is 7.80 Å². The van der Waals surface area contributed by atoms with Crippen LogP contribution in [0.4, 0.5) is 0 Å². The number of hydrogen-bond acceptors (Lipinski definition) is 2. The predicted molar refractivity (Wildman–Crippen MR) is 40.4 cm³/mol. The summed E-state index contributed by atoms with van der Waals surface area (Å²) in [4.78, 5) is 10.0. The van der Waals surface area contributed by atoms with Crippen LogP contribution in [0.2, 0.25) is 0 Å². The Bertz CT molecular complexity index is 243. The van der Waals surface area contributed by atoms with Crippen LogP contribution in [-0.2, 0) is 9.36 Å². The predicted octanol–water partition coefficient (Wildman–Crippen LogP) is 1.33. The Labute approximate surface area is 59.7 Å². The molecule has 1 aromatic carbocycles. The van der Waals surface area contributed by atoms with E-state index in [1.807, 2.05) is 6.07 Å². The summed E-state index contributed by atoms with van der Waals surface area (Å²) in [6.45, 7) is 0. The maximum Gasteiger partial charge on any atom is 0.203 e. The van der Waals surface area contributed by atoms with Gasteiger partial charge in [-0.15, -0.1) is 0 Å². The molecule has 51 valence electrons. The summed E-state index contributed by atoms with van der Waals surface area (Å²) in [5, 5.41) is 0.590. The van der Waals surface area contributed by atoms with Crippen molar-refractivity contribution in [2.75, 3.05) is 0 Å². The Hall–Kier alpha value is -1.01. The number of hydrogen-bond donors (Lipinski definition) is 0. The van der Waals surface area contributed by atoms with E-state index in [1.54, 1.807) is 24.3 Å². The largest absolute Gasteiger partial charge is 0.290 e.